The standard InChI is InChI=1S/C16H21N3O2/c1-12-3-4-13(2)14(11-12)21-10-6-16(20)19-7-5-15-17-8-9-18-15/h3-4,8-9,11H,5-7,10H2,1-2H3,(H,17,18)(H,19,20). The first kappa shape index (κ1) is 15.1. The lowest BCUT2D eigenvalue weighted by Gasteiger charge is -2.10. The zero-order valence-corrected chi connectivity index (χ0v) is 12.5. The number of rotatable bonds is 7. The molecule has 0 atom stereocenters. The number of nitrogens with zero attached hydrogens (tertiary/aromatic N) is 1. The Morgan fingerprint density at radius 1 is 1.38 bits per heavy atom. The fourth-order valence-electron chi connectivity index (χ4n) is 1.96. The fraction of sp³-hybridized carbons (Fsp3) is 0.375. The first-order chi connectivity index (χ1) is 10.1. The van der Waals surface area contributed by atoms with Gasteiger partial charge in [-0.1, -0.05) is 12.1 Å². The number of benzene rings is 1. The predicted octanol–water partition coefficient (Wildman–Crippen LogP) is 2.15. The summed E-state index contributed by atoms with van der Waals surface area (Å²) >= 11 is 0. The van der Waals surface area contributed by atoms with Crippen molar-refractivity contribution in [1.82, 2.24) is 15.3 Å². The van der Waals surface area contributed by atoms with Gasteiger partial charge < -0.3 is 15.0 Å². The highest BCUT2D eigenvalue weighted by molar-refractivity contribution is 5.75. The SMILES string of the molecule is Cc1ccc(C)c(OCCC(=O)NCCc2ncc[nH]2)c1. The quantitative estimate of drug-likeness (QED) is 0.820. The molecule has 0 unspecified atom stereocenters. The predicted molar refractivity (Wildman–Crippen MR) is 81.3 cm³/mol. The molecule has 0 spiro atoms. The van der Waals surface area contributed by atoms with Gasteiger partial charge in [0.15, 0.2) is 0 Å². The van der Waals surface area contributed by atoms with Crippen molar-refractivity contribution in [2.45, 2.75) is 26.7 Å². The van der Waals surface area contributed by atoms with E-state index in [1.54, 1.807) is 12.4 Å². The third kappa shape index (κ3) is 4.95. The molecule has 1 aromatic carbocycles. The van der Waals surface area contributed by atoms with Gasteiger partial charge in [0.1, 0.15) is 11.6 Å². The second-order valence-corrected chi connectivity index (χ2v) is 5.00. The molecule has 112 valence electrons. The Balaban J connectivity index is 1.66. The van der Waals surface area contributed by atoms with E-state index in [0.29, 0.717) is 26.0 Å². The number of carbonyl (C=O) groups is 1. The number of ether oxygens (including phenoxy) is 1. The highest BCUT2D eigenvalue weighted by atomic mass is 16.5. The molecule has 0 bridgehead atoms. The number of carbonyl (C=O) groups excluding carboxylic acids is 1. The number of amides is 1. The van der Waals surface area contributed by atoms with Crippen molar-refractivity contribution in [1.29, 1.82) is 0 Å². The number of hydrogen-bond acceptors (Lipinski definition) is 3. The van der Waals surface area contributed by atoms with Gasteiger partial charge in [0.2, 0.25) is 5.91 Å². The molecule has 1 aromatic heterocycles. The number of aromatic amines is 1. The highest BCUT2D eigenvalue weighted by Gasteiger charge is 2.04. The van der Waals surface area contributed by atoms with Crippen LogP contribution in [0.5, 0.6) is 5.75 Å². The summed E-state index contributed by atoms with van der Waals surface area (Å²) in [5.41, 5.74) is 2.23. The Bertz CT molecular complexity index is 579. The smallest absolute Gasteiger partial charge is 0.223 e. The number of H-pyrrole nitrogens is 1. The summed E-state index contributed by atoms with van der Waals surface area (Å²) < 4.78 is 5.66. The summed E-state index contributed by atoms with van der Waals surface area (Å²) in [5.74, 6) is 1.71. The van der Waals surface area contributed by atoms with Gasteiger partial charge in [-0.05, 0) is 31.0 Å². The molecule has 1 amide bonds. The average Bonchev–Trinajstić information content (AvgIpc) is 2.96. The Kier molecular flexibility index (Phi) is 5.37. The number of hydrogen-bond donors (Lipinski definition) is 2. The topological polar surface area (TPSA) is 67.0 Å². The van der Waals surface area contributed by atoms with E-state index in [4.69, 9.17) is 4.74 Å². The minimum atomic E-state index is -0.00753. The minimum Gasteiger partial charge on any atom is -0.493 e. The maximum Gasteiger partial charge on any atom is 0.223 e. The molecule has 5 nitrogen and oxygen atoms in total. The van der Waals surface area contributed by atoms with Crippen LogP contribution in [0.4, 0.5) is 0 Å². The summed E-state index contributed by atoms with van der Waals surface area (Å²) in [6.45, 7) is 4.98. The fourth-order valence-corrected chi connectivity index (χ4v) is 1.96. The molecule has 5 heteroatoms. The van der Waals surface area contributed by atoms with Crippen molar-refractivity contribution in [2.24, 2.45) is 0 Å². The van der Waals surface area contributed by atoms with Crippen LogP contribution in [0.3, 0.4) is 0 Å². The molecule has 0 radical (unpaired) electrons. The lowest BCUT2D eigenvalue weighted by atomic mass is 10.1. The summed E-state index contributed by atoms with van der Waals surface area (Å²) in [6.07, 6.45) is 4.53. The van der Waals surface area contributed by atoms with E-state index in [0.717, 1.165) is 22.7 Å². The lowest BCUT2D eigenvalue weighted by molar-refractivity contribution is -0.121. The number of aryl methyl sites for hydroxylation is 2. The van der Waals surface area contributed by atoms with E-state index >= 15 is 0 Å². The van der Waals surface area contributed by atoms with Crippen LogP contribution < -0.4 is 10.1 Å². The zero-order valence-electron chi connectivity index (χ0n) is 12.5. The average molecular weight is 287 g/mol. The molecule has 0 fully saturated rings. The largest absolute Gasteiger partial charge is 0.493 e. The van der Waals surface area contributed by atoms with Crippen LogP contribution in [0.2, 0.25) is 0 Å². The van der Waals surface area contributed by atoms with Gasteiger partial charge >= 0.3 is 0 Å². The first-order valence-corrected chi connectivity index (χ1v) is 7.10. The Morgan fingerprint density at radius 3 is 3.00 bits per heavy atom. The van der Waals surface area contributed by atoms with Crippen LogP contribution in [0.1, 0.15) is 23.4 Å². The van der Waals surface area contributed by atoms with Crippen LogP contribution in [-0.4, -0.2) is 29.0 Å². The minimum absolute atomic E-state index is 0.00753. The summed E-state index contributed by atoms with van der Waals surface area (Å²) in [6, 6.07) is 6.06. The van der Waals surface area contributed by atoms with Crippen molar-refractivity contribution in [2.75, 3.05) is 13.2 Å². The summed E-state index contributed by atoms with van der Waals surface area (Å²) in [4.78, 5) is 18.8. The van der Waals surface area contributed by atoms with E-state index in [1.165, 1.54) is 0 Å². The van der Waals surface area contributed by atoms with Gasteiger partial charge in [-0.25, -0.2) is 4.98 Å². The van der Waals surface area contributed by atoms with Crippen LogP contribution in [0.15, 0.2) is 30.6 Å². The van der Waals surface area contributed by atoms with E-state index < -0.39 is 0 Å². The number of aromatic nitrogens is 2. The maximum atomic E-state index is 11.7. The number of nitrogens with one attached hydrogen (secondary N) is 2. The third-order valence-electron chi connectivity index (χ3n) is 3.17. The zero-order chi connectivity index (χ0) is 15.1. The molecule has 2 aromatic rings. The Morgan fingerprint density at radius 2 is 2.24 bits per heavy atom. The van der Waals surface area contributed by atoms with Crippen LogP contribution in [0.25, 0.3) is 0 Å². The van der Waals surface area contributed by atoms with E-state index in [2.05, 4.69) is 15.3 Å². The van der Waals surface area contributed by atoms with Crippen molar-refractivity contribution in [3.8, 4) is 5.75 Å². The molecular formula is C16H21N3O2. The van der Waals surface area contributed by atoms with Crippen molar-refractivity contribution < 1.29 is 9.53 Å². The molecule has 0 aliphatic heterocycles. The van der Waals surface area contributed by atoms with Crippen molar-refractivity contribution in [3.63, 3.8) is 0 Å². The van der Waals surface area contributed by atoms with Crippen LogP contribution in [-0.2, 0) is 11.2 Å². The molecule has 2 N–H and O–H groups in total. The van der Waals surface area contributed by atoms with Gasteiger partial charge in [0, 0.05) is 25.4 Å². The van der Waals surface area contributed by atoms with Crippen molar-refractivity contribution >= 4 is 5.91 Å². The van der Waals surface area contributed by atoms with Crippen LogP contribution in [0, 0.1) is 13.8 Å². The van der Waals surface area contributed by atoms with E-state index in [-0.39, 0.29) is 5.91 Å². The molecule has 1 heterocycles. The monoisotopic (exact) mass is 287 g/mol. The second kappa shape index (κ2) is 7.47. The highest BCUT2D eigenvalue weighted by Crippen LogP contribution is 2.19. The molecule has 0 aliphatic carbocycles. The van der Waals surface area contributed by atoms with Crippen molar-refractivity contribution in [3.05, 3.63) is 47.5 Å². The molecule has 0 saturated heterocycles. The Labute approximate surface area is 124 Å². The van der Waals surface area contributed by atoms with Gasteiger partial charge in [-0.15, -0.1) is 0 Å². The number of imidazole rings is 1. The van der Waals surface area contributed by atoms with Gasteiger partial charge in [-0.3, -0.25) is 4.79 Å². The summed E-state index contributed by atoms with van der Waals surface area (Å²) in [7, 11) is 0. The molecule has 2 rings (SSSR count). The summed E-state index contributed by atoms with van der Waals surface area (Å²) in [5, 5.41) is 2.85. The Hall–Kier alpha value is -2.30. The van der Waals surface area contributed by atoms with Crippen LogP contribution >= 0.6 is 0 Å². The molecule has 0 saturated carbocycles. The van der Waals surface area contributed by atoms with Gasteiger partial charge in [0.05, 0.1) is 13.0 Å². The maximum absolute atomic E-state index is 11.7. The van der Waals surface area contributed by atoms with E-state index in [9.17, 15) is 4.79 Å². The molecular weight excluding hydrogens is 266 g/mol. The molecule has 21 heavy (non-hydrogen) atoms. The lowest BCUT2D eigenvalue weighted by Crippen LogP contribution is -2.27. The second-order valence-electron chi connectivity index (χ2n) is 5.00. The third-order valence-corrected chi connectivity index (χ3v) is 3.17. The normalized spacial score (nSPS) is 10.4. The van der Waals surface area contributed by atoms with Gasteiger partial charge in [0.25, 0.3) is 0 Å². The van der Waals surface area contributed by atoms with E-state index in [1.807, 2.05) is 32.0 Å². The molecule has 0 aliphatic rings. The van der Waals surface area contributed by atoms with Gasteiger partial charge in [-0.2, -0.15) is 0 Å². The first-order valence-electron chi connectivity index (χ1n) is 7.10.